The number of nitrogens with zero attached hydrogens (tertiary/aromatic N) is 1. The minimum atomic E-state index is -0.369. The predicted molar refractivity (Wildman–Crippen MR) is 61.3 cm³/mol. The van der Waals surface area contributed by atoms with Crippen LogP contribution in [-0.4, -0.2) is 24.6 Å². The molecule has 0 atom stereocenters. The van der Waals surface area contributed by atoms with Crippen molar-refractivity contribution in [1.29, 1.82) is 0 Å². The van der Waals surface area contributed by atoms with Gasteiger partial charge in [-0.25, -0.2) is 4.39 Å². The number of amidine groups is 1. The average molecular weight is 226 g/mol. The van der Waals surface area contributed by atoms with Crippen LogP contribution in [-0.2, 0) is 0 Å². The predicted octanol–water partition coefficient (Wildman–Crippen LogP) is 2.35. The Morgan fingerprint density at radius 1 is 1.53 bits per heavy atom. The number of anilines is 1. The van der Waals surface area contributed by atoms with Gasteiger partial charge in [0.1, 0.15) is 0 Å². The molecule has 0 aliphatic carbocycles. The number of methoxy groups -OCH3 is 1. The van der Waals surface area contributed by atoms with E-state index in [0.29, 0.717) is 5.69 Å². The second-order valence-electron chi connectivity index (χ2n) is 3.01. The highest BCUT2D eigenvalue weighted by molar-refractivity contribution is 8.14. The first-order valence-electron chi connectivity index (χ1n) is 4.57. The van der Waals surface area contributed by atoms with Crippen LogP contribution in [0.25, 0.3) is 0 Å². The first kappa shape index (κ1) is 10.3. The minimum Gasteiger partial charge on any atom is -0.494 e. The molecule has 0 saturated heterocycles. The average Bonchev–Trinajstić information content (AvgIpc) is 2.71. The smallest absolute Gasteiger partial charge is 0.167 e. The van der Waals surface area contributed by atoms with E-state index in [-0.39, 0.29) is 11.6 Å². The third-order valence-electron chi connectivity index (χ3n) is 1.99. The van der Waals surface area contributed by atoms with Crippen LogP contribution >= 0.6 is 11.8 Å². The third-order valence-corrected chi connectivity index (χ3v) is 2.88. The van der Waals surface area contributed by atoms with Gasteiger partial charge >= 0.3 is 0 Å². The van der Waals surface area contributed by atoms with Gasteiger partial charge in [0.15, 0.2) is 16.7 Å². The van der Waals surface area contributed by atoms with E-state index < -0.39 is 0 Å². The molecule has 1 aliphatic heterocycles. The number of halogens is 1. The molecule has 0 saturated carbocycles. The number of thioether (sulfide) groups is 1. The highest BCUT2D eigenvalue weighted by Crippen LogP contribution is 2.22. The lowest BCUT2D eigenvalue weighted by Crippen LogP contribution is -2.05. The van der Waals surface area contributed by atoms with E-state index in [1.54, 1.807) is 23.9 Å². The summed E-state index contributed by atoms with van der Waals surface area (Å²) in [4.78, 5) is 4.22. The molecule has 1 aliphatic rings. The monoisotopic (exact) mass is 226 g/mol. The summed E-state index contributed by atoms with van der Waals surface area (Å²) in [5, 5.41) is 3.90. The Bertz CT molecular complexity index is 395. The maximum absolute atomic E-state index is 13.3. The molecule has 15 heavy (non-hydrogen) atoms. The second-order valence-corrected chi connectivity index (χ2v) is 4.09. The van der Waals surface area contributed by atoms with Gasteiger partial charge in [0.05, 0.1) is 13.7 Å². The topological polar surface area (TPSA) is 33.6 Å². The highest BCUT2D eigenvalue weighted by Gasteiger charge is 2.08. The summed E-state index contributed by atoms with van der Waals surface area (Å²) in [6.45, 7) is 0.825. The van der Waals surface area contributed by atoms with Crippen molar-refractivity contribution in [2.24, 2.45) is 4.99 Å². The summed E-state index contributed by atoms with van der Waals surface area (Å²) >= 11 is 1.64. The normalized spacial score (nSPS) is 14.9. The summed E-state index contributed by atoms with van der Waals surface area (Å²) in [6.07, 6.45) is 0. The first-order chi connectivity index (χ1) is 7.29. The molecule has 2 rings (SSSR count). The van der Waals surface area contributed by atoms with Gasteiger partial charge in [0.25, 0.3) is 0 Å². The van der Waals surface area contributed by atoms with Crippen LogP contribution in [0.5, 0.6) is 5.75 Å². The lowest BCUT2D eigenvalue weighted by atomic mass is 10.3. The lowest BCUT2D eigenvalue weighted by Gasteiger charge is -2.07. The Kier molecular flexibility index (Phi) is 3.11. The molecule has 0 radical (unpaired) electrons. The van der Waals surface area contributed by atoms with E-state index in [0.717, 1.165) is 17.5 Å². The van der Waals surface area contributed by atoms with Gasteiger partial charge in [0, 0.05) is 17.5 Å². The molecule has 80 valence electrons. The number of benzene rings is 1. The van der Waals surface area contributed by atoms with E-state index in [4.69, 9.17) is 4.74 Å². The van der Waals surface area contributed by atoms with Crippen molar-refractivity contribution in [2.45, 2.75) is 0 Å². The van der Waals surface area contributed by atoms with E-state index in [9.17, 15) is 4.39 Å². The number of aliphatic imine (C=N–C) groups is 1. The Morgan fingerprint density at radius 3 is 3.00 bits per heavy atom. The summed E-state index contributed by atoms with van der Waals surface area (Å²) < 4.78 is 18.1. The van der Waals surface area contributed by atoms with Gasteiger partial charge in [0.2, 0.25) is 0 Å². The van der Waals surface area contributed by atoms with Gasteiger partial charge < -0.3 is 10.1 Å². The Morgan fingerprint density at radius 2 is 2.40 bits per heavy atom. The summed E-state index contributed by atoms with van der Waals surface area (Å²) in [7, 11) is 1.45. The highest BCUT2D eigenvalue weighted by atomic mass is 32.2. The van der Waals surface area contributed by atoms with Crippen LogP contribution in [0.2, 0.25) is 0 Å². The molecule has 1 aromatic carbocycles. The summed E-state index contributed by atoms with van der Waals surface area (Å²) in [5.74, 6) is 0.869. The van der Waals surface area contributed by atoms with E-state index in [1.807, 2.05) is 0 Å². The Labute approximate surface area is 91.7 Å². The first-order valence-corrected chi connectivity index (χ1v) is 5.56. The maximum Gasteiger partial charge on any atom is 0.167 e. The van der Waals surface area contributed by atoms with Crippen molar-refractivity contribution in [3.63, 3.8) is 0 Å². The molecule has 5 heteroatoms. The van der Waals surface area contributed by atoms with Crippen molar-refractivity contribution < 1.29 is 9.13 Å². The molecule has 0 aromatic heterocycles. The van der Waals surface area contributed by atoms with Crippen LogP contribution in [0, 0.1) is 5.82 Å². The number of hydrogen-bond donors (Lipinski definition) is 1. The summed E-state index contributed by atoms with van der Waals surface area (Å²) in [6, 6.07) is 4.77. The Hall–Kier alpha value is -1.23. The van der Waals surface area contributed by atoms with Crippen molar-refractivity contribution in [3.8, 4) is 5.75 Å². The molecule has 0 bridgehead atoms. The minimum absolute atomic E-state index is 0.251. The lowest BCUT2D eigenvalue weighted by molar-refractivity contribution is 0.387. The fourth-order valence-electron chi connectivity index (χ4n) is 1.28. The molecule has 1 aromatic rings. The zero-order valence-corrected chi connectivity index (χ0v) is 9.10. The zero-order valence-electron chi connectivity index (χ0n) is 8.29. The quantitative estimate of drug-likeness (QED) is 0.840. The number of rotatable bonds is 2. The SMILES string of the molecule is COc1ccc(NC2=NCCS2)cc1F. The van der Waals surface area contributed by atoms with Gasteiger partial charge in [-0.05, 0) is 12.1 Å². The molecule has 0 spiro atoms. The van der Waals surface area contributed by atoms with Crippen molar-refractivity contribution >= 4 is 22.6 Å². The molecule has 1 heterocycles. The molecular weight excluding hydrogens is 215 g/mol. The number of hydrogen-bond acceptors (Lipinski definition) is 4. The van der Waals surface area contributed by atoms with E-state index in [2.05, 4.69) is 10.3 Å². The van der Waals surface area contributed by atoms with Gasteiger partial charge in [-0.15, -0.1) is 0 Å². The van der Waals surface area contributed by atoms with Gasteiger partial charge in [-0.1, -0.05) is 11.8 Å². The van der Waals surface area contributed by atoms with Crippen LogP contribution in [0.15, 0.2) is 23.2 Å². The van der Waals surface area contributed by atoms with Crippen LogP contribution in [0.4, 0.5) is 10.1 Å². The molecular formula is C10H11FN2OS. The molecule has 0 unspecified atom stereocenters. The van der Waals surface area contributed by atoms with Crippen LogP contribution < -0.4 is 10.1 Å². The molecule has 3 nitrogen and oxygen atoms in total. The summed E-state index contributed by atoms with van der Waals surface area (Å²) in [5.41, 5.74) is 0.696. The molecule has 1 N–H and O–H groups in total. The fraction of sp³-hybridized carbons (Fsp3) is 0.300. The molecule has 0 amide bonds. The molecule has 0 fully saturated rings. The second kappa shape index (κ2) is 4.53. The van der Waals surface area contributed by atoms with Gasteiger partial charge in [-0.3, -0.25) is 4.99 Å². The number of nitrogens with one attached hydrogen (secondary N) is 1. The third kappa shape index (κ3) is 2.41. The largest absolute Gasteiger partial charge is 0.494 e. The Balaban J connectivity index is 2.12. The maximum atomic E-state index is 13.3. The van der Waals surface area contributed by atoms with Crippen molar-refractivity contribution in [1.82, 2.24) is 0 Å². The van der Waals surface area contributed by atoms with Crippen LogP contribution in [0.3, 0.4) is 0 Å². The zero-order chi connectivity index (χ0) is 10.7. The fourth-order valence-corrected chi connectivity index (χ4v) is 2.03. The van der Waals surface area contributed by atoms with Crippen LogP contribution in [0.1, 0.15) is 0 Å². The van der Waals surface area contributed by atoms with Crippen molar-refractivity contribution in [2.75, 3.05) is 24.7 Å². The van der Waals surface area contributed by atoms with E-state index in [1.165, 1.54) is 13.2 Å². The standard InChI is InChI=1S/C10H11FN2OS/c1-14-9-3-2-7(6-8(9)11)13-10-12-4-5-15-10/h2-3,6H,4-5H2,1H3,(H,12,13). The van der Waals surface area contributed by atoms with E-state index >= 15 is 0 Å². The van der Waals surface area contributed by atoms with Crippen molar-refractivity contribution in [3.05, 3.63) is 24.0 Å². The number of ether oxygens (including phenoxy) is 1. The van der Waals surface area contributed by atoms with Gasteiger partial charge in [-0.2, -0.15) is 0 Å².